The molecule has 3 fully saturated rings. The first kappa shape index (κ1) is 17.4. The summed E-state index contributed by atoms with van der Waals surface area (Å²) in [6.45, 7) is 3.02. The Balaban J connectivity index is 1.57. The van der Waals surface area contributed by atoms with Crippen LogP contribution >= 0.6 is 0 Å². The fourth-order valence-electron chi connectivity index (χ4n) is 5.09. The molecule has 0 bridgehead atoms. The second-order valence-electron chi connectivity index (χ2n) is 8.26. The largest absolute Gasteiger partial charge is 0.508 e. The number of para-hydroxylation sites is 1. The van der Waals surface area contributed by atoms with Gasteiger partial charge in [-0.25, -0.2) is 0 Å². The van der Waals surface area contributed by atoms with Crippen LogP contribution in [0.3, 0.4) is 0 Å². The maximum Gasteiger partial charge on any atom is 0.315 e. The summed E-state index contributed by atoms with van der Waals surface area (Å²) in [6, 6.07) is 6.90. The van der Waals surface area contributed by atoms with E-state index < -0.39 is 11.4 Å². The first-order valence-electron chi connectivity index (χ1n) is 9.81. The number of carbonyl (C=O) groups is 1. The predicted molar refractivity (Wildman–Crippen MR) is 99.8 cm³/mol. The van der Waals surface area contributed by atoms with Crippen LogP contribution in [-0.2, 0) is 10.2 Å². The van der Waals surface area contributed by atoms with E-state index >= 15 is 0 Å². The molecule has 2 saturated carbocycles. The Morgan fingerprint density at radius 2 is 1.85 bits per heavy atom. The molecule has 0 aromatic heterocycles. The number of phenolic OH excluding ortho intramolecular Hbond substituents is 1. The molecule has 1 heterocycles. The fraction of sp³-hybridized carbons (Fsp3) is 0.591. The maximum atomic E-state index is 12.5. The minimum atomic E-state index is -1.11. The van der Waals surface area contributed by atoms with Crippen LogP contribution in [0.1, 0.15) is 44.1 Å². The number of likely N-dealkylation sites (tertiary alicyclic amines) is 1. The Kier molecular flexibility index (Phi) is 4.67. The number of aromatic hydroxyl groups is 1. The van der Waals surface area contributed by atoms with E-state index in [4.69, 9.17) is 0 Å². The van der Waals surface area contributed by atoms with Gasteiger partial charge in [-0.3, -0.25) is 9.69 Å². The topological polar surface area (TPSA) is 60.8 Å². The molecule has 4 nitrogen and oxygen atoms in total. The van der Waals surface area contributed by atoms with Gasteiger partial charge in [0.15, 0.2) is 0 Å². The summed E-state index contributed by atoms with van der Waals surface area (Å²) in [5.74, 6) is 7.42. The average Bonchev–Trinajstić information content (AvgIpc) is 3.03. The van der Waals surface area contributed by atoms with Gasteiger partial charge in [0, 0.05) is 25.1 Å². The summed E-state index contributed by atoms with van der Waals surface area (Å²) in [5, 5.41) is 20.6. The zero-order chi connectivity index (χ0) is 18.1. The molecule has 2 N–H and O–H groups in total. The number of hydrogen-bond acceptors (Lipinski definition) is 3. The summed E-state index contributed by atoms with van der Waals surface area (Å²) < 4.78 is 0. The minimum Gasteiger partial charge on any atom is -0.508 e. The lowest BCUT2D eigenvalue weighted by molar-refractivity contribution is -0.146. The third-order valence-electron chi connectivity index (χ3n) is 6.67. The van der Waals surface area contributed by atoms with Crippen LogP contribution in [0.5, 0.6) is 5.75 Å². The number of rotatable bonds is 5. The van der Waals surface area contributed by atoms with Crippen LogP contribution in [-0.4, -0.2) is 40.7 Å². The first-order chi connectivity index (χ1) is 12.6. The van der Waals surface area contributed by atoms with Crippen LogP contribution in [0.4, 0.5) is 0 Å². The third kappa shape index (κ3) is 3.10. The third-order valence-corrected chi connectivity index (χ3v) is 6.67. The van der Waals surface area contributed by atoms with Gasteiger partial charge in [-0.15, -0.1) is 5.92 Å². The lowest BCUT2D eigenvalue weighted by atomic mass is 9.67. The summed E-state index contributed by atoms with van der Waals surface area (Å²) in [7, 11) is 0. The van der Waals surface area contributed by atoms with E-state index in [1.165, 1.54) is 6.42 Å². The molecule has 0 radical (unpaired) electrons. The van der Waals surface area contributed by atoms with Crippen molar-refractivity contribution in [3.63, 3.8) is 0 Å². The van der Waals surface area contributed by atoms with E-state index in [0.29, 0.717) is 5.56 Å². The number of phenols is 1. The highest BCUT2D eigenvalue weighted by Crippen LogP contribution is 2.47. The highest BCUT2D eigenvalue weighted by molar-refractivity contribution is 5.83. The molecule has 1 aromatic rings. The zero-order valence-corrected chi connectivity index (χ0v) is 15.2. The van der Waals surface area contributed by atoms with E-state index in [1.54, 1.807) is 18.2 Å². The number of fused-ring (bicyclic) bond motifs is 1. The van der Waals surface area contributed by atoms with Crippen molar-refractivity contribution in [1.82, 2.24) is 4.90 Å². The van der Waals surface area contributed by atoms with Crippen molar-refractivity contribution in [2.45, 2.75) is 43.9 Å². The second-order valence-corrected chi connectivity index (χ2v) is 8.26. The van der Waals surface area contributed by atoms with Gasteiger partial charge in [0.05, 0.1) is 6.54 Å². The number of carboxylic acids is 1. The van der Waals surface area contributed by atoms with E-state index in [2.05, 4.69) is 16.7 Å². The number of nitrogens with zero attached hydrogens (tertiary/aromatic N) is 1. The van der Waals surface area contributed by atoms with E-state index in [0.717, 1.165) is 57.2 Å². The van der Waals surface area contributed by atoms with Gasteiger partial charge in [-0.2, -0.15) is 0 Å². The number of aliphatic carboxylic acids is 1. The highest BCUT2D eigenvalue weighted by Gasteiger charge is 2.49. The molecule has 0 unspecified atom stereocenters. The first-order valence-corrected chi connectivity index (χ1v) is 9.81. The van der Waals surface area contributed by atoms with Crippen molar-refractivity contribution in [3.8, 4) is 17.6 Å². The molecule has 4 rings (SSSR count). The van der Waals surface area contributed by atoms with Gasteiger partial charge >= 0.3 is 5.97 Å². The minimum absolute atomic E-state index is 0.0297. The van der Waals surface area contributed by atoms with Crippen LogP contribution in [0, 0.1) is 29.6 Å². The maximum absolute atomic E-state index is 12.5. The summed E-state index contributed by atoms with van der Waals surface area (Å²) >= 11 is 0. The molecule has 1 aliphatic heterocycles. The lowest BCUT2D eigenvalue weighted by Crippen LogP contribution is -2.42. The van der Waals surface area contributed by atoms with Gasteiger partial charge < -0.3 is 10.2 Å². The van der Waals surface area contributed by atoms with E-state index in [9.17, 15) is 15.0 Å². The molecular weight excluding hydrogens is 326 g/mol. The van der Waals surface area contributed by atoms with Crippen LogP contribution < -0.4 is 0 Å². The Morgan fingerprint density at radius 1 is 1.15 bits per heavy atom. The van der Waals surface area contributed by atoms with Crippen molar-refractivity contribution < 1.29 is 15.0 Å². The van der Waals surface area contributed by atoms with E-state index in [1.807, 2.05) is 6.07 Å². The van der Waals surface area contributed by atoms with Gasteiger partial charge in [0.1, 0.15) is 11.2 Å². The summed E-state index contributed by atoms with van der Waals surface area (Å²) in [4.78, 5) is 14.8. The molecule has 2 aliphatic carbocycles. The molecule has 0 spiro atoms. The Hall–Kier alpha value is -1.99. The number of piperidine rings is 1. The number of hydrogen-bond donors (Lipinski definition) is 2. The number of carboxylic acid groups (broad SMARTS) is 1. The standard InChI is InChI=1S/C22H27NO3/c24-20-10-4-3-9-19(20)22(21(25)26,18-7-1-2-8-18)11-5-6-12-23-14-16-13-17(16)15-23/h3-4,9-10,16-18,24H,1-2,7-8,11-15H2,(H,25,26)/t16-,17+,22-/m1/s1. The van der Waals surface area contributed by atoms with Gasteiger partial charge in [-0.05, 0) is 43.1 Å². The van der Waals surface area contributed by atoms with Crippen molar-refractivity contribution >= 4 is 5.97 Å². The van der Waals surface area contributed by atoms with Crippen molar-refractivity contribution in [3.05, 3.63) is 29.8 Å². The highest BCUT2D eigenvalue weighted by atomic mass is 16.4. The summed E-state index contributed by atoms with van der Waals surface area (Å²) in [6.07, 6.45) is 5.52. The molecule has 138 valence electrons. The van der Waals surface area contributed by atoms with Gasteiger partial charge in [0.2, 0.25) is 0 Å². The zero-order valence-electron chi connectivity index (χ0n) is 15.2. The Labute approximate surface area is 155 Å². The molecular formula is C22H27NO3. The predicted octanol–water partition coefficient (Wildman–Crippen LogP) is 3.25. The van der Waals surface area contributed by atoms with E-state index in [-0.39, 0.29) is 18.1 Å². The Morgan fingerprint density at radius 3 is 2.50 bits per heavy atom. The normalized spacial score (nSPS) is 27.4. The van der Waals surface area contributed by atoms with Crippen LogP contribution in [0.2, 0.25) is 0 Å². The Bertz CT molecular complexity index is 733. The SMILES string of the molecule is O=C(O)[C@@](CC#CCN1C[C@H]2C[C@H]2C1)(c1ccccc1O)C1CCCC1. The van der Waals surface area contributed by atoms with Gasteiger partial charge in [0.25, 0.3) is 0 Å². The number of benzene rings is 1. The molecule has 1 aromatic carbocycles. The quantitative estimate of drug-likeness (QED) is 0.798. The molecule has 3 atom stereocenters. The van der Waals surface area contributed by atoms with Crippen LogP contribution in [0.25, 0.3) is 0 Å². The monoisotopic (exact) mass is 353 g/mol. The second kappa shape index (κ2) is 6.96. The molecule has 3 aliphatic rings. The molecule has 1 saturated heterocycles. The van der Waals surface area contributed by atoms with Crippen LogP contribution in [0.15, 0.2) is 24.3 Å². The lowest BCUT2D eigenvalue weighted by Gasteiger charge is -2.34. The van der Waals surface area contributed by atoms with Crippen molar-refractivity contribution in [2.24, 2.45) is 17.8 Å². The van der Waals surface area contributed by atoms with Crippen molar-refractivity contribution in [2.75, 3.05) is 19.6 Å². The molecule has 4 heteroatoms. The van der Waals surface area contributed by atoms with Gasteiger partial charge in [-0.1, -0.05) is 37.0 Å². The molecule has 26 heavy (non-hydrogen) atoms. The average molecular weight is 353 g/mol. The molecule has 0 amide bonds. The smallest absolute Gasteiger partial charge is 0.315 e. The van der Waals surface area contributed by atoms with Crippen molar-refractivity contribution in [1.29, 1.82) is 0 Å². The fourth-order valence-corrected chi connectivity index (χ4v) is 5.09. The summed E-state index contributed by atoms with van der Waals surface area (Å²) in [5.41, 5.74) is -0.585.